The molecule has 0 unspecified atom stereocenters. The quantitative estimate of drug-likeness (QED) is 0.660. The summed E-state index contributed by atoms with van der Waals surface area (Å²) in [4.78, 5) is 2.00. The number of ether oxygens (including phenoxy) is 2. The number of anilines is 1. The van der Waals surface area contributed by atoms with Gasteiger partial charge in [-0.1, -0.05) is 6.07 Å². The molecule has 0 atom stereocenters. The fraction of sp³-hybridized carbons (Fsp3) is 0.400. The van der Waals surface area contributed by atoms with Crippen molar-refractivity contribution >= 4 is 5.69 Å². The smallest absolute Gasteiger partial charge is 0.120 e. The van der Waals surface area contributed by atoms with Gasteiger partial charge >= 0.3 is 0 Å². The van der Waals surface area contributed by atoms with Crippen molar-refractivity contribution in [3.8, 4) is 5.75 Å². The van der Waals surface area contributed by atoms with E-state index >= 15 is 0 Å². The van der Waals surface area contributed by atoms with E-state index in [1.807, 2.05) is 36.2 Å². The van der Waals surface area contributed by atoms with Crippen LogP contribution < -0.4 is 9.64 Å². The van der Waals surface area contributed by atoms with E-state index in [0.29, 0.717) is 6.73 Å². The van der Waals surface area contributed by atoms with E-state index in [0.717, 1.165) is 11.4 Å². The van der Waals surface area contributed by atoms with E-state index in [9.17, 15) is 0 Å². The molecule has 3 heteroatoms. The van der Waals surface area contributed by atoms with E-state index < -0.39 is 0 Å². The van der Waals surface area contributed by atoms with Crippen molar-refractivity contribution < 1.29 is 9.47 Å². The van der Waals surface area contributed by atoms with Gasteiger partial charge < -0.3 is 14.4 Å². The van der Waals surface area contributed by atoms with Crippen molar-refractivity contribution in [3.05, 3.63) is 24.3 Å². The minimum Gasteiger partial charge on any atom is -0.497 e. The van der Waals surface area contributed by atoms with Crippen molar-refractivity contribution in [2.24, 2.45) is 0 Å². The van der Waals surface area contributed by atoms with Gasteiger partial charge in [0, 0.05) is 25.9 Å². The Morgan fingerprint density at radius 1 is 1.31 bits per heavy atom. The number of hydrogen-bond acceptors (Lipinski definition) is 3. The lowest BCUT2D eigenvalue weighted by Crippen LogP contribution is -2.19. The van der Waals surface area contributed by atoms with E-state index in [-0.39, 0.29) is 0 Å². The average Bonchev–Trinajstić information content (AvgIpc) is 2.18. The fourth-order valence-electron chi connectivity index (χ4n) is 1.12. The number of hydrogen-bond donors (Lipinski definition) is 0. The second-order valence-corrected chi connectivity index (χ2v) is 2.82. The van der Waals surface area contributed by atoms with Crippen molar-refractivity contribution in [2.45, 2.75) is 0 Å². The van der Waals surface area contributed by atoms with Crippen molar-refractivity contribution in [2.75, 3.05) is 32.9 Å². The first-order chi connectivity index (χ1) is 6.27. The molecule has 0 aromatic heterocycles. The van der Waals surface area contributed by atoms with Gasteiger partial charge in [0.25, 0.3) is 0 Å². The maximum Gasteiger partial charge on any atom is 0.120 e. The molecule has 0 aliphatic carbocycles. The Kier molecular flexibility index (Phi) is 3.58. The minimum atomic E-state index is 0.577. The van der Waals surface area contributed by atoms with Crippen LogP contribution in [-0.4, -0.2) is 28.0 Å². The lowest BCUT2D eigenvalue weighted by atomic mass is 10.3. The maximum atomic E-state index is 5.12. The molecular formula is C10H15NO2. The van der Waals surface area contributed by atoms with Crippen LogP contribution in [0.15, 0.2) is 24.3 Å². The normalized spacial score (nSPS) is 9.77. The molecule has 0 aliphatic rings. The summed E-state index contributed by atoms with van der Waals surface area (Å²) in [5.41, 5.74) is 1.08. The van der Waals surface area contributed by atoms with Crippen LogP contribution in [0.1, 0.15) is 0 Å². The number of benzene rings is 1. The Bertz CT molecular complexity index is 263. The van der Waals surface area contributed by atoms with Crippen molar-refractivity contribution in [1.29, 1.82) is 0 Å². The highest BCUT2D eigenvalue weighted by Crippen LogP contribution is 2.19. The third kappa shape index (κ3) is 2.63. The van der Waals surface area contributed by atoms with Crippen LogP contribution in [0, 0.1) is 0 Å². The van der Waals surface area contributed by atoms with E-state index in [4.69, 9.17) is 9.47 Å². The second kappa shape index (κ2) is 4.72. The van der Waals surface area contributed by atoms with Gasteiger partial charge in [0.15, 0.2) is 0 Å². The molecule has 0 amide bonds. The third-order valence-electron chi connectivity index (χ3n) is 1.82. The molecule has 0 fully saturated rings. The van der Waals surface area contributed by atoms with Gasteiger partial charge in [-0.3, -0.25) is 0 Å². The zero-order chi connectivity index (χ0) is 9.68. The Morgan fingerprint density at radius 3 is 2.69 bits per heavy atom. The van der Waals surface area contributed by atoms with Crippen LogP contribution >= 0.6 is 0 Å². The van der Waals surface area contributed by atoms with Crippen LogP contribution in [0.4, 0.5) is 5.69 Å². The molecule has 0 saturated heterocycles. The van der Waals surface area contributed by atoms with Gasteiger partial charge in [0.2, 0.25) is 0 Å². The fourth-order valence-corrected chi connectivity index (χ4v) is 1.12. The molecule has 0 bridgehead atoms. The molecule has 72 valence electrons. The van der Waals surface area contributed by atoms with Crippen LogP contribution in [0.3, 0.4) is 0 Å². The molecule has 0 radical (unpaired) electrons. The summed E-state index contributed by atoms with van der Waals surface area (Å²) in [5.74, 6) is 0.862. The lowest BCUT2D eigenvalue weighted by Gasteiger charge is -2.18. The third-order valence-corrected chi connectivity index (χ3v) is 1.82. The van der Waals surface area contributed by atoms with Gasteiger partial charge in [-0.25, -0.2) is 0 Å². The summed E-state index contributed by atoms with van der Waals surface area (Å²) >= 11 is 0. The number of nitrogens with zero attached hydrogens (tertiary/aromatic N) is 1. The molecule has 0 saturated carbocycles. The highest BCUT2D eigenvalue weighted by atomic mass is 16.5. The van der Waals surface area contributed by atoms with Crippen LogP contribution in [0.2, 0.25) is 0 Å². The van der Waals surface area contributed by atoms with Crippen LogP contribution in [-0.2, 0) is 4.74 Å². The average molecular weight is 181 g/mol. The molecule has 0 heterocycles. The molecule has 1 rings (SSSR count). The Hall–Kier alpha value is -1.22. The first-order valence-corrected chi connectivity index (χ1v) is 4.12. The minimum absolute atomic E-state index is 0.577. The monoisotopic (exact) mass is 181 g/mol. The summed E-state index contributed by atoms with van der Waals surface area (Å²) in [6.07, 6.45) is 0. The second-order valence-electron chi connectivity index (χ2n) is 2.82. The molecule has 0 aliphatic heterocycles. The highest BCUT2D eigenvalue weighted by Gasteiger charge is 2.00. The van der Waals surface area contributed by atoms with Gasteiger partial charge in [-0.2, -0.15) is 0 Å². The molecule has 1 aromatic rings. The summed E-state index contributed by atoms with van der Waals surface area (Å²) in [6, 6.07) is 7.87. The van der Waals surface area contributed by atoms with Gasteiger partial charge in [0.05, 0.1) is 7.11 Å². The number of methoxy groups -OCH3 is 2. The molecule has 3 nitrogen and oxygen atoms in total. The Labute approximate surface area is 78.9 Å². The SMILES string of the molecule is COCN(C)c1cccc(OC)c1. The summed E-state index contributed by atoms with van der Waals surface area (Å²) in [5, 5.41) is 0. The molecule has 0 spiro atoms. The van der Waals surface area contributed by atoms with E-state index in [2.05, 4.69) is 0 Å². The van der Waals surface area contributed by atoms with E-state index in [1.54, 1.807) is 14.2 Å². The van der Waals surface area contributed by atoms with Gasteiger partial charge in [-0.05, 0) is 12.1 Å². The highest BCUT2D eigenvalue weighted by molar-refractivity contribution is 5.49. The largest absolute Gasteiger partial charge is 0.497 e. The molecule has 13 heavy (non-hydrogen) atoms. The van der Waals surface area contributed by atoms with Crippen LogP contribution in [0.5, 0.6) is 5.75 Å². The van der Waals surface area contributed by atoms with Crippen molar-refractivity contribution in [3.63, 3.8) is 0 Å². The lowest BCUT2D eigenvalue weighted by molar-refractivity contribution is 0.202. The predicted octanol–water partition coefficient (Wildman–Crippen LogP) is 1.74. The Balaban J connectivity index is 2.75. The maximum absolute atomic E-state index is 5.12. The molecule has 1 aromatic carbocycles. The summed E-state index contributed by atoms with van der Waals surface area (Å²) in [7, 11) is 5.31. The molecule has 0 N–H and O–H groups in total. The summed E-state index contributed by atoms with van der Waals surface area (Å²) in [6.45, 7) is 0.577. The zero-order valence-corrected chi connectivity index (χ0v) is 8.28. The Morgan fingerprint density at radius 2 is 2.08 bits per heavy atom. The number of rotatable bonds is 4. The summed E-state index contributed by atoms with van der Waals surface area (Å²) < 4.78 is 10.1. The van der Waals surface area contributed by atoms with Crippen LogP contribution in [0.25, 0.3) is 0 Å². The predicted molar refractivity (Wildman–Crippen MR) is 53.3 cm³/mol. The van der Waals surface area contributed by atoms with E-state index in [1.165, 1.54) is 0 Å². The topological polar surface area (TPSA) is 21.7 Å². The first-order valence-electron chi connectivity index (χ1n) is 4.12. The van der Waals surface area contributed by atoms with Gasteiger partial charge in [-0.15, -0.1) is 0 Å². The standard InChI is InChI=1S/C10H15NO2/c1-11(8-12-2)9-5-4-6-10(7-9)13-3/h4-7H,8H2,1-3H3. The molecular weight excluding hydrogens is 166 g/mol. The van der Waals surface area contributed by atoms with Crippen molar-refractivity contribution in [1.82, 2.24) is 0 Å². The zero-order valence-electron chi connectivity index (χ0n) is 8.28. The first kappa shape index (κ1) is 9.86. The van der Waals surface area contributed by atoms with Gasteiger partial charge in [0.1, 0.15) is 12.5 Å².